The monoisotopic (exact) mass is 353 g/mol. The zero-order valence-corrected chi connectivity index (χ0v) is 15.1. The van der Waals surface area contributed by atoms with Crippen LogP contribution in [0.2, 0.25) is 0 Å². The van der Waals surface area contributed by atoms with Gasteiger partial charge in [0.15, 0.2) is 0 Å². The molecule has 0 spiro atoms. The summed E-state index contributed by atoms with van der Waals surface area (Å²) >= 11 is 0. The normalized spacial score (nSPS) is 24.4. The maximum Gasteiger partial charge on any atom is 0.317 e. The minimum Gasteiger partial charge on any atom is -0.333 e. The number of nitrogens with one attached hydrogen (secondary N) is 1. The number of amides is 2. The number of urea groups is 1. The van der Waals surface area contributed by atoms with E-state index >= 15 is 0 Å². The van der Waals surface area contributed by atoms with Crippen molar-refractivity contribution >= 4 is 6.03 Å². The van der Waals surface area contributed by atoms with E-state index < -0.39 is 0 Å². The van der Waals surface area contributed by atoms with E-state index in [-0.39, 0.29) is 18.1 Å². The summed E-state index contributed by atoms with van der Waals surface area (Å²) in [5, 5.41) is 7.70. The van der Waals surface area contributed by atoms with E-state index in [2.05, 4.69) is 27.5 Å². The summed E-state index contributed by atoms with van der Waals surface area (Å²) in [4.78, 5) is 18.9. The number of hydrogen-bond acceptors (Lipinski definition) is 3. The molecule has 2 aliphatic rings. The van der Waals surface area contributed by atoms with Crippen LogP contribution < -0.4 is 5.32 Å². The summed E-state index contributed by atoms with van der Waals surface area (Å²) < 4.78 is 2.01. The van der Waals surface area contributed by atoms with Gasteiger partial charge in [-0.1, -0.05) is 12.8 Å². The molecule has 1 N–H and O–H groups in total. The third kappa shape index (κ3) is 3.74. The van der Waals surface area contributed by atoms with Gasteiger partial charge in [0.25, 0.3) is 0 Å². The van der Waals surface area contributed by atoms with Crippen LogP contribution in [0.1, 0.15) is 56.0 Å². The molecule has 0 aromatic carbocycles. The molecule has 2 aromatic heterocycles. The van der Waals surface area contributed by atoms with Crippen LogP contribution in [-0.4, -0.2) is 44.8 Å². The van der Waals surface area contributed by atoms with Gasteiger partial charge >= 0.3 is 6.03 Å². The molecule has 138 valence electrons. The second-order valence-corrected chi connectivity index (χ2v) is 7.44. The van der Waals surface area contributed by atoms with Gasteiger partial charge in [0.2, 0.25) is 0 Å². The Morgan fingerprint density at radius 1 is 1.04 bits per heavy atom. The summed E-state index contributed by atoms with van der Waals surface area (Å²) in [6, 6.07) is 6.68. The third-order valence-electron chi connectivity index (χ3n) is 5.86. The fourth-order valence-electron chi connectivity index (χ4n) is 4.37. The average molecular weight is 353 g/mol. The van der Waals surface area contributed by atoms with Gasteiger partial charge in [0.1, 0.15) is 0 Å². The lowest BCUT2D eigenvalue weighted by Crippen LogP contribution is -2.50. The molecule has 1 saturated carbocycles. The summed E-state index contributed by atoms with van der Waals surface area (Å²) in [5.74, 6) is 0.536. The number of piperidine rings is 1. The molecule has 1 aliphatic heterocycles. The van der Waals surface area contributed by atoms with Crippen LogP contribution in [0.25, 0.3) is 0 Å². The van der Waals surface area contributed by atoms with Gasteiger partial charge in [-0.2, -0.15) is 5.10 Å². The molecule has 2 aromatic rings. The lowest BCUT2D eigenvalue weighted by Gasteiger charge is -2.36. The van der Waals surface area contributed by atoms with E-state index in [1.54, 1.807) is 0 Å². The van der Waals surface area contributed by atoms with Gasteiger partial charge in [-0.05, 0) is 55.4 Å². The first-order valence-electron chi connectivity index (χ1n) is 9.76. The number of likely N-dealkylation sites (tertiary alicyclic amines) is 1. The summed E-state index contributed by atoms with van der Waals surface area (Å²) in [6.45, 7) is 1.63. The van der Waals surface area contributed by atoms with E-state index in [0.29, 0.717) is 5.92 Å². The van der Waals surface area contributed by atoms with Gasteiger partial charge in [0.05, 0.1) is 12.1 Å². The van der Waals surface area contributed by atoms with Gasteiger partial charge < -0.3 is 10.2 Å². The summed E-state index contributed by atoms with van der Waals surface area (Å²) in [7, 11) is 0. The Bertz CT molecular complexity index is 694. The van der Waals surface area contributed by atoms with E-state index in [1.165, 1.54) is 18.4 Å². The van der Waals surface area contributed by atoms with Crippen LogP contribution in [0.5, 0.6) is 0 Å². The van der Waals surface area contributed by atoms with Crippen LogP contribution in [-0.2, 0) is 0 Å². The van der Waals surface area contributed by atoms with Crippen LogP contribution >= 0.6 is 0 Å². The van der Waals surface area contributed by atoms with Gasteiger partial charge in [0, 0.05) is 37.9 Å². The first-order chi connectivity index (χ1) is 12.8. The number of pyridine rings is 1. The van der Waals surface area contributed by atoms with E-state index in [4.69, 9.17) is 0 Å². The van der Waals surface area contributed by atoms with Crippen molar-refractivity contribution in [3.05, 3.63) is 48.5 Å². The van der Waals surface area contributed by atoms with Crippen LogP contribution in [0.4, 0.5) is 4.79 Å². The SMILES string of the molecule is O=C(N[C@H]1CCCC[C@H]1n1cccn1)N1CCC(c2ccncc2)CC1. The number of nitrogens with zero attached hydrogens (tertiary/aromatic N) is 4. The molecule has 2 fully saturated rings. The Kier molecular flexibility index (Phi) is 5.18. The fourth-order valence-corrected chi connectivity index (χ4v) is 4.37. The molecule has 0 radical (unpaired) electrons. The highest BCUT2D eigenvalue weighted by molar-refractivity contribution is 5.74. The first kappa shape index (κ1) is 17.1. The van der Waals surface area contributed by atoms with E-state index in [9.17, 15) is 4.79 Å². The highest BCUT2D eigenvalue weighted by Gasteiger charge is 2.31. The van der Waals surface area contributed by atoms with Gasteiger partial charge in [-0.25, -0.2) is 4.79 Å². The van der Waals surface area contributed by atoms with Crippen LogP contribution in [0, 0.1) is 0 Å². The largest absolute Gasteiger partial charge is 0.333 e. The van der Waals surface area contributed by atoms with Crippen molar-refractivity contribution < 1.29 is 4.79 Å². The van der Waals surface area contributed by atoms with Crippen molar-refractivity contribution in [2.45, 2.75) is 56.5 Å². The molecular formula is C20H27N5O. The zero-order chi connectivity index (χ0) is 17.8. The molecule has 3 heterocycles. The minimum absolute atomic E-state index is 0.0854. The van der Waals surface area contributed by atoms with Gasteiger partial charge in [-0.15, -0.1) is 0 Å². The maximum atomic E-state index is 12.8. The summed E-state index contributed by atoms with van der Waals surface area (Å²) in [5.41, 5.74) is 1.34. The molecular weight excluding hydrogens is 326 g/mol. The zero-order valence-electron chi connectivity index (χ0n) is 15.1. The van der Waals surface area contributed by atoms with Crippen molar-refractivity contribution in [1.82, 2.24) is 25.0 Å². The third-order valence-corrected chi connectivity index (χ3v) is 5.86. The predicted molar refractivity (Wildman–Crippen MR) is 99.8 cm³/mol. The highest BCUT2D eigenvalue weighted by Crippen LogP contribution is 2.30. The molecule has 1 saturated heterocycles. The fraction of sp³-hybridized carbons (Fsp3) is 0.550. The molecule has 2 atom stereocenters. The number of carbonyl (C=O) groups excluding carboxylic acids is 1. The van der Waals surface area contributed by atoms with Gasteiger partial charge in [-0.3, -0.25) is 9.67 Å². The first-order valence-corrected chi connectivity index (χ1v) is 9.76. The Hall–Kier alpha value is -2.37. The van der Waals surface area contributed by atoms with E-state index in [0.717, 1.165) is 38.8 Å². The van der Waals surface area contributed by atoms with Crippen molar-refractivity contribution in [3.63, 3.8) is 0 Å². The number of carbonyl (C=O) groups is 1. The van der Waals surface area contributed by atoms with Crippen LogP contribution in [0.3, 0.4) is 0 Å². The highest BCUT2D eigenvalue weighted by atomic mass is 16.2. The molecule has 0 bridgehead atoms. The Morgan fingerprint density at radius 3 is 2.54 bits per heavy atom. The van der Waals surface area contributed by atoms with Crippen molar-refractivity contribution in [2.75, 3.05) is 13.1 Å². The predicted octanol–water partition coefficient (Wildman–Crippen LogP) is 3.35. The molecule has 26 heavy (non-hydrogen) atoms. The number of rotatable bonds is 3. The second-order valence-electron chi connectivity index (χ2n) is 7.44. The Morgan fingerprint density at radius 2 is 1.81 bits per heavy atom. The number of hydrogen-bond donors (Lipinski definition) is 1. The minimum atomic E-state index is 0.0854. The lowest BCUT2D eigenvalue weighted by atomic mass is 9.89. The van der Waals surface area contributed by atoms with Crippen LogP contribution in [0.15, 0.2) is 43.0 Å². The standard InChI is InChI=1S/C20H27N5O/c26-20(23-18-4-1-2-5-19(18)25-13-3-10-22-25)24-14-8-17(9-15-24)16-6-11-21-12-7-16/h3,6-7,10-13,17-19H,1-2,4-5,8-9,14-15H2,(H,23,26)/t18-,19+/m0/s1. The summed E-state index contributed by atoms with van der Waals surface area (Å²) in [6.07, 6.45) is 14.1. The molecule has 1 aliphatic carbocycles. The number of aromatic nitrogens is 3. The van der Waals surface area contributed by atoms with E-state index in [1.807, 2.05) is 40.4 Å². The Labute approximate surface area is 154 Å². The van der Waals surface area contributed by atoms with Crippen molar-refractivity contribution in [2.24, 2.45) is 0 Å². The van der Waals surface area contributed by atoms with Crippen molar-refractivity contribution in [1.29, 1.82) is 0 Å². The quantitative estimate of drug-likeness (QED) is 0.920. The van der Waals surface area contributed by atoms with Crippen molar-refractivity contribution in [3.8, 4) is 0 Å². The maximum absolute atomic E-state index is 12.8. The molecule has 2 amide bonds. The average Bonchev–Trinajstić information content (AvgIpc) is 3.24. The molecule has 0 unspecified atom stereocenters. The topological polar surface area (TPSA) is 63.1 Å². The molecule has 6 nitrogen and oxygen atoms in total. The second kappa shape index (κ2) is 7.89. The Balaban J connectivity index is 1.33. The smallest absolute Gasteiger partial charge is 0.317 e. The lowest BCUT2D eigenvalue weighted by molar-refractivity contribution is 0.165. The molecule has 4 rings (SSSR count). The molecule has 6 heteroatoms.